The molecule has 1 aliphatic rings. The second-order valence-electron chi connectivity index (χ2n) is 4.85. The summed E-state index contributed by atoms with van der Waals surface area (Å²) in [4.78, 5) is 27.8. The van der Waals surface area contributed by atoms with Crippen molar-refractivity contribution in [3.8, 4) is 0 Å². The van der Waals surface area contributed by atoms with Crippen molar-refractivity contribution in [2.24, 2.45) is 0 Å². The largest absolute Gasteiger partial charge is 0.457 e. The van der Waals surface area contributed by atoms with Gasteiger partial charge in [-0.1, -0.05) is 0 Å². The lowest BCUT2D eigenvalue weighted by Gasteiger charge is -2.44. The van der Waals surface area contributed by atoms with Gasteiger partial charge in [0.05, 0.1) is 11.8 Å². The average molecular weight is 315 g/mol. The van der Waals surface area contributed by atoms with Gasteiger partial charge in [-0.15, -0.1) is 0 Å². The summed E-state index contributed by atoms with van der Waals surface area (Å²) in [6.45, 7) is 4.59. The summed E-state index contributed by atoms with van der Waals surface area (Å²) >= 11 is 3.19. The van der Waals surface area contributed by atoms with Gasteiger partial charge < -0.3 is 14.2 Å². The van der Waals surface area contributed by atoms with Gasteiger partial charge in [0.15, 0.2) is 4.67 Å². The Bertz CT molecular complexity index is 495. The van der Waals surface area contributed by atoms with Crippen molar-refractivity contribution in [2.45, 2.75) is 19.4 Å². The number of hydrogen-bond donors (Lipinski definition) is 0. The number of halogens is 1. The Morgan fingerprint density at radius 1 is 1.44 bits per heavy atom. The first kappa shape index (κ1) is 13.1. The third kappa shape index (κ3) is 1.94. The van der Waals surface area contributed by atoms with Crippen LogP contribution in [0.15, 0.2) is 21.4 Å². The van der Waals surface area contributed by atoms with E-state index in [-0.39, 0.29) is 11.8 Å². The zero-order chi connectivity index (χ0) is 13.5. The molecule has 6 heteroatoms. The van der Waals surface area contributed by atoms with Gasteiger partial charge in [-0.05, 0) is 35.8 Å². The molecule has 0 unspecified atom stereocenters. The van der Waals surface area contributed by atoms with Crippen LogP contribution in [0.4, 0.5) is 0 Å². The summed E-state index contributed by atoms with van der Waals surface area (Å²) < 4.78 is 5.46. The summed E-state index contributed by atoms with van der Waals surface area (Å²) in [7, 11) is 1.75. The normalized spacial score (nSPS) is 19.2. The zero-order valence-electron chi connectivity index (χ0n) is 10.6. The van der Waals surface area contributed by atoms with Crippen LogP contribution in [-0.2, 0) is 4.79 Å². The van der Waals surface area contributed by atoms with Crippen LogP contribution in [0.1, 0.15) is 24.2 Å². The Morgan fingerprint density at radius 3 is 2.67 bits per heavy atom. The van der Waals surface area contributed by atoms with Crippen LogP contribution in [0.25, 0.3) is 0 Å². The molecule has 0 saturated carbocycles. The third-order valence-corrected chi connectivity index (χ3v) is 3.91. The number of nitrogens with zero attached hydrogens (tertiary/aromatic N) is 2. The van der Waals surface area contributed by atoms with Crippen LogP contribution in [0, 0.1) is 0 Å². The van der Waals surface area contributed by atoms with Crippen LogP contribution in [-0.4, -0.2) is 47.3 Å². The molecule has 98 valence electrons. The Labute approximate surface area is 114 Å². The summed E-state index contributed by atoms with van der Waals surface area (Å²) in [5.41, 5.74) is -0.388. The number of piperazine rings is 1. The lowest BCUT2D eigenvalue weighted by molar-refractivity contribution is -0.144. The summed E-state index contributed by atoms with van der Waals surface area (Å²) in [5.74, 6) is -0.246. The highest BCUT2D eigenvalue weighted by molar-refractivity contribution is 9.10. The second-order valence-corrected chi connectivity index (χ2v) is 5.57. The van der Waals surface area contributed by atoms with E-state index in [1.165, 1.54) is 6.26 Å². The van der Waals surface area contributed by atoms with E-state index >= 15 is 0 Å². The van der Waals surface area contributed by atoms with Gasteiger partial charge in [-0.3, -0.25) is 9.59 Å². The maximum absolute atomic E-state index is 12.4. The monoisotopic (exact) mass is 314 g/mol. The second kappa shape index (κ2) is 4.42. The molecule has 1 saturated heterocycles. The number of likely N-dealkylation sites (N-methyl/N-ethyl adjacent to an activating group) is 1. The van der Waals surface area contributed by atoms with Gasteiger partial charge in [0.1, 0.15) is 5.54 Å². The lowest BCUT2D eigenvalue weighted by atomic mass is 9.97. The minimum atomic E-state index is -0.833. The number of amides is 2. The van der Waals surface area contributed by atoms with E-state index in [0.29, 0.717) is 23.3 Å². The third-order valence-electron chi connectivity index (χ3n) is 3.30. The minimum absolute atomic E-state index is 0.0540. The predicted molar refractivity (Wildman–Crippen MR) is 69.2 cm³/mol. The summed E-state index contributed by atoms with van der Waals surface area (Å²) in [5, 5.41) is 0. The highest BCUT2D eigenvalue weighted by Crippen LogP contribution is 2.27. The molecule has 0 aromatic carbocycles. The van der Waals surface area contributed by atoms with E-state index in [0.717, 1.165) is 0 Å². The highest BCUT2D eigenvalue weighted by Gasteiger charge is 2.43. The van der Waals surface area contributed by atoms with Crippen molar-refractivity contribution in [1.82, 2.24) is 9.80 Å². The van der Waals surface area contributed by atoms with Crippen molar-refractivity contribution in [3.05, 3.63) is 22.6 Å². The van der Waals surface area contributed by atoms with Gasteiger partial charge in [0.25, 0.3) is 5.91 Å². The number of hydrogen-bond acceptors (Lipinski definition) is 3. The van der Waals surface area contributed by atoms with E-state index in [4.69, 9.17) is 4.42 Å². The Hall–Kier alpha value is -1.30. The van der Waals surface area contributed by atoms with E-state index in [9.17, 15) is 9.59 Å². The molecule has 2 rings (SSSR count). The zero-order valence-corrected chi connectivity index (χ0v) is 12.2. The highest BCUT2D eigenvalue weighted by atomic mass is 79.9. The lowest BCUT2D eigenvalue weighted by Crippen LogP contribution is -2.63. The fraction of sp³-hybridized carbons (Fsp3) is 0.500. The Balaban J connectivity index is 2.31. The van der Waals surface area contributed by atoms with Crippen LogP contribution in [0.3, 0.4) is 0 Å². The molecule has 5 nitrogen and oxygen atoms in total. The fourth-order valence-corrected chi connectivity index (χ4v) is 2.57. The topological polar surface area (TPSA) is 53.8 Å². The quantitative estimate of drug-likeness (QED) is 0.793. The first-order valence-electron chi connectivity index (χ1n) is 5.66. The molecule has 1 aromatic rings. The minimum Gasteiger partial charge on any atom is -0.457 e. The molecule has 2 heterocycles. The van der Waals surface area contributed by atoms with Crippen molar-refractivity contribution in [1.29, 1.82) is 0 Å². The number of carbonyl (C=O) groups is 2. The van der Waals surface area contributed by atoms with Gasteiger partial charge in [0, 0.05) is 20.1 Å². The van der Waals surface area contributed by atoms with E-state index in [1.807, 2.05) is 0 Å². The maximum atomic E-state index is 12.4. The number of carbonyl (C=O) groups excluding carboxylic acids is 2. The van der Waals surface area contributed by atoms with Crippen LogP contribution >= 0.6 is 15.9 Å². The maximum Gasteiger partial charge on any atom is 0.259 e. The summed E-state index contributed by atoms with van der Waals surface area (Å²) in [6, 6.07) is 1.60. The predicted octanol–water partition coefficient (Wildman–Crippen LogP) is 1.73. The molecule has 0 aliphatic carbocycles. The van der Waals surface area contributed by atoms with Crippen molar-refractivity contribution in [3.63, 3.8) is 0 Å². The molecule has 1 aromatic heterocycles. The molecular weight excluding hydrogens is 300 g/mol. The van der Waals surface area contributed by atoms with Gasteiger partial charge in [-0.2, -0.15) is 0 Å². The SMILES string of the molecule is CN1CCN(C(=O)c2ccoc2Br)C(C)(C)C1=O. The fourth-order valence-electron chi connectivity index (χ4n) is 2.16. The molecule has 1 aliphatic heterocycles. The standard InChI is InChI=1S/C12H15BrN2O3/c1-12(2)11(17)14(3)5-6-15(12)10(16)8-4-7-18-9(8)13/h4,7H,5-6H2,1-3H3. The first-order valence-corrected chi connectivity index (χ1v) is 6.45. The molecule has 1 fully saturated rings. The van der Waals surface area contributed by atoms with E-state index in [1.54, 1.807) is 36.8 Å². The summed E-state index contributed by atoms with van der Waals surface area (Å²) in [6.07, 6.45) is 1.45. The molecule has 2 amide bonds. The number of rotatable bonds is 1. The average Bonchev–Trinajstić information content (AvgIpc) is 2.72. The van der Waals surface area contributed by atoms with Crippen molar-refractivity contribution in [2.75, 3.05) is 20.1 Å². The molecule has 18 heavy (non-hydrogen) atoms. The molecule has 0 N–H and O–H groups in total. The Morgan fingerprint density at radius 2 is 2.11 bits per heavy atom. The van der Waals surface area contributed by atoms with Crippen LogP contribution in [0.2, 0.25) is 0 Å². The Kier molecular flexibility index (Phi) is 3.23. The van der Waals surface area contributed by atoms with Crippen LogP contribution < -0.4 is 0 Å². The molecule has 0 radical (unpaired) electrons. The molecule has 0 bridgehead atoms. The van der Waals surface area contributed by atoms with Crippen LogP contribution in [0.5, 0.6) is 0 Å². The molecule has 0 atom stereocenters. The number of furan rings is 1. The van der Waals surface area contributed by atoms with Crippen molar-refractivity contribution >= 4 is 27.7 Å². The van der Waals surface area contributed by atoms with Crippen molar-refractivity contribution < 1.29 is 14.0 Å². The van der Waals surface area contributed by atoms with Gasteiger partial charge in [0.2, 0.25) is 5.91 Å². The van der Waals surface area contributed by atoms with Gasteiger partial charge in [-0.25, -0.2) is 0 Å². The van der Waals surface area contributed by atoms with Gasteiger partial charge >= 0.3 is 0 Å². The van der Waals surface area contributed by atoms with E-state index < -0.39 is 5.54 Å². The molecular formula is C12H15BrN2O3. The first-order chi connectivity index (χ1) is 8.35. The molecule has 0 spiro atoms. The smallest absolute Gasteiger partial charge is 0.259 e. The van der Waals surface area contributed by atoms with E-state index in [2.05, 4.69) is 15.9 Å².